The van der Waals surface area contributed by atoms with Crippen molar-refractivity contribution >= 4 is 35.0 Å². The monoisotopic (exact) mass is 484 g/mol. The second-order valence-corrected chi connectivity index (χ2v) is 9.08. The van der Waals surface area contributed by atoms with E-state index >= 15 is 0 Å². The number of carbonyl (C=O) groups excluding carboxylic acids is 4. The molecule has 2 aliphatic rings. The Hall–Kier alpha value is -4.29. The highest BCUT2D eigenvalue weighted by Gasteiger charge is 2.37. The highest BCUT2D eigenvalue weighted by molar-refractivity contribution is 7.09. The normalized spacial score (nSPS) is 15.4. The Morgan fingerprint density at radius 3 is 2.23 bits per heavy atom. The van der Waals surface area contributed by atoms with Crippen molar-refractivity contribution < 1.29 is 19.2 Å². The Morgan fingerprint density at radius 2 is 1.57 bits per heavy atom. The van der Waals surface area contributed by atoms with Crippen LogP contribution in [-0.4, -0.2) is 51.6 Å². The van der Waals surface area contributed by atoms with Gasteiger partial charge in [-0.1, -0.05) is 36.3 Å². The third-order valence-electron chi connectivity index (χ3n) is 5.98. The van der Waals surface area contributed by atoms with E-state index in [-0.39, 0.29) is 28.6 Å². The lowest BCUT2D eigenvalue weighted by Gasteiger charge is -2.29. The molecule has 8 nitrogen and oxygen atoms in total. The van der Waals surface area contributed by atoms with Crippen molar-refractivity contribution in [2.45, 2.75) is 18.8 Å². The molecular weight excluding hydrogens is 464 g/mol. The van der Waals surface area contributed by atoms with Crippen LogP contribution in [0, 0.1) is 11.8 Å². The molecule has 5 rings (SSSR count). The van der Waals surface area contributed by atoms with Crippen LogP contribution in [0.1, 0.15) is 60.5 Å². The quantitative estimate of drug-likeness (QED) is 0.455. The number of likely N-dealkylation sites (tertiary alicyclic amines) is 1. The van der Waals surface area contributed by atoms with Crippen LogP contribution in [0.3, 0.4) is 0 Å². The van der Waals surface area contributed by atoms with Gasteiger partial charge in [-0.2, -0.15) is 5.01 Å². The number of nitrogens with one attached hydrogen (secondary N) is 1. The minimum atomic E-state index is -0.620. The summed E-state index contributed by atoms with van der Waals surface area (Å²) < 4.78 is 0. The summed E-state index contributed by atoms with van der Waals surface area (Å²) in [6.07, 6.45) is 1.43. The fourth-order valence-corrected chi connectivity index (χ4v) is 5.06. The molecule has 0 saturated carbocycles. The summed E-state index contributed by atoms with van der Waals surface area (Å²) in [4.78, 5) is 56.2. The summed E-state index contributed by atoms with van der Waals surface area (Å²) in [5.74, 6) is 3.76. The van der Waals surface area contributed by atoms with Crippen molar-refractivity contribution in [3.05, 3.63) is 87.4 Å². The molecule has 0 radical (unpaired) electrons. The van der Waals surface area contributed by atoms with Crippen molar-refractivity contribution in [2.24, 2.45) is 0 Å². The third kappa shape index (κ3) is 4.56. The number of rotatable bonds is 3. The highest BCUT2D eigenvalue weighted by Crippen LogP contribution is 2.30. The van der Waals surface area contributed by atoms with E-state index < -0.39 is 17.7 Å². The van der Waals surface area contributed by atoms with E-state index in [1.165, 1.54) is 11.3 Å². The van der Waals surface area contributed by atoms with Crippen LogP contribution in [0.5, 0.6) is 0 Å². The topological polar surface area (TPSA) is 99.7 Å². The molecule has 3 heterocycles. The molecule has 174 valence electrons. The fourth-order valence-electron chi connectivity index (χ4n) is 4.08. The van der Waals surface area contributed by atoms with Gasteiger partial charge in [0.05, 0.1) is 16.1 Å². The Balaban J connectivity index is 1.17. The van der Waals surface area contributed by atoms with Crippen molar-refractivity contribution in [3.63, 3.8) is 0 Å². The number of piperidine rings is 1. The van der Waals surface area contributed by atoms with Gasteiger partial charge in [-0.3, -0.25) is 24.6 Å². The van der Waals surface area contributed by atoms with Gasteiger partial charge in [0.1, 0.15) is 5.69 Å². The average molecular weight is 485 g/mol. The van der Waals surface area contributed by atoms with Gasteiger partial charge in [-0.05, 0) is 37.1 Å². The van der Waals surface area contributed by atoms with Crippen LogP contribution < -0.4 is 5.43 Å². The van der Waals surface area contributed by atoms with Gasteiger partial charge in [-0.15, -0.1) is 11.3 Å². The predicted molar refractivity (Wildman–Crippen MR) is 128 cm³/mol. The number of thiazole rings is 1. The Bertz CT molecular complexity index is 1350. The summed E-state index contributed by atoms with van der Waals surface area (Å²) in [5.41, 5.74) is 3.83. The second-order valence-electron chi connectivity index (χ2n) is 8.19. The number of imide groups is 1. The number of benzene rings is 2. The number of aromatic nitrogens is 1. The summed E-state index contributed by atoms with van der Waals surface area (Å²) in [7, 11) is 0. The minimum absolute atomic E-state index is 0.118. The largest absolute Gasteiger partial charge is 0.332 e. The van der Waals surface area contributed by atoms with Crippen molar-refractivity contribution in [3.8, 4) is 11.8 Å². The van der Waals surface area contributed by atoms with Crippen molar-refractivity contribution in [1.29, 1.82) is 0 Å². The maximum absolute atomic E-state index is 12.7. The van der Waals surface area contributed by atoms with Gasteiger partial charge < -0.3 is 4.90 Å². The van der Waals surface area contributed by atoms with E-state index in [0.29, 0.717) is 25.9 Å². The summed E-state index contributed by atoms with van der Waals surface area (Å²) in [6.45, 7) is 1.12. The van der Waals surface area contributed by atoms with Crippen LogP contribution in [0.4, 0.5) is 0 Å². The number of nitrogens with zero attached hydrogens (tertiary/aromatic N) is 3. The zero-order valence-corrected chi connectivity index (χ0v) is 19.4. The maximum Gasteiger partial charge on any atom is 0.298 e. The highest BCUT2D eigenvalue weighted by atomic mass is 32.1. The lowest BCUT2D eigenvalue weighted by molar-refractivity contribution is -0.126. The Labute approximate surface area is 205 Å². The molecular formula is C26H20N4O4S. The van der Waals surface area contributed by atoms with E-state index in [2.05, 4.69) is 22.3 Å². The molecule has 3 aromatic rings. The summed E-state index contributed by atoms with van der Waals surface area (Å²) in [6, 6.07) is 15.8. The lowest BCUT2D eigenvalue weighted by atomic mass is 9.97. The molecule has 1 N–H and O–H groups in total. The van der Waals surface area contributed by atoms with Crippen molar-refractivity contribution in [2.75, 3.05) is 13.1 Å². The number of hydrazine groups is 1. The number of carbonyl (C=O) groups is 4. The Morgan fingerprint density at radius 1 is 0.943 bits per heavy atom. The van der Waals surface area contributed by atoms with Crippen molar-refractivity contribution in [1.82, 2.24) is 20.3 Å². The molecule has 0 unspecified atom stereocenters. The first kappa shape index (κ1) is 22.5. The Kier molecular flexibility index (Phi) is 6.12. The van der Waals surface area contributed by atoms with Crippen LogP contribution in [0.15, 0.2) is 60.0 Å². The molecule has 0 bridgehead atoms. The molecule has 1 fully saturated rings. The van der Waals surface area contributed by atoms with Gasteiger partial charge >= 0.3 is 0 Å². The molecule has 0 atom stereocenters. The van der Waals surface area contributed by atoms with E-state index in [0.717, 1.165) is 15.6 Å². The fraction of sp³-hybridized carbons (Fsp3) is 0.192. The van der Waals surface area contributed by atoms with Crippen LogP contribution >= 0.6 is 11.3 Å². The third-order valence-corrected chi connectivity index (χ3v) is 6.99. The average Bonchev–Trinajstić information content (AvgIpc) is 3.48. The number of amides is 4. The molecule has 1 aromatic heterocycles. The SMILES string of the molecule is O=C(NN1C(=O)c2ccccc2C1=O)c1csc(C2CCN(C(=O)C#Cc3ccccc3)CC2)n1. The first-order valence-electron chi connectivity index (χ1n) is 11.1. The zero-order chi connectivity index (χ0) is 24.4. The van der Waals surface area contributed by atoms with E-state index in [1.54, 1.807) is 34.5 Å². The standard InChI is InChI=1S/C26H20N4O4S/c31-22(11-10-17-6-2-1-3-7-17)29-14-12-18(13-15-29)24-27-21(16-35-24)23(32)28-30-25(33)19-8-4-5-9-20(19)26(30)34/h1-9,16,18H,12-15H2,(H,28,32). The van der Waals surface area contributed by atoms with Crippen LogP contribution in [0.25, 0.3) is 0 Å². The maximum atomic E-state index is 12.7. The summed E-state index contributed by atoms with van der Waals surface area (Å²) in [5, 5.41) is 3.14. The van der Waals surface area contributed by atoms with Gasteiger partial charge in [0.2, 0.25) is 0 Å². The van der Waals surface area contributed by atoms with Gasteiger partial charge in [0.15, 0.2) is 0 Å². The predicted octanol–water partition coefficient (Wildman–Crippen LogP) is 2.84. The van der Waals surface area contributed by atoms with E-state index in [9.17, 15) is 19.2 Å². The van der Waals surface area contributed by atoms with Crippen LogP contribution in [0.2, 0.25) is 0 Å². The zero-order valence-electron chi connectivity index (χ0n) is 18.6. The summed E-state index contributed by atoms with van der Waals surface area (Å²) >= 11 is 1.36. The van der Waals surface area contributed by atoms with Gasteiger partial charge in [0.25, 0.3) is 23.6 Å². The molecule has 4 amide bonds. The van der Waals surface area contributed by atoms with E-state index in [1.807, 2.05) is 30.3 Å². The van der Waals surface area contributed by atoms with Crippen LogP contribution in [-0.2, 0) is 4.79 Å². The number of fused-ring (bicyclic) bond motifs is 1. The molecule has 0 aliphatic carbocycles. The minimum Gasteiger partial charge on any atom is -0.332 e. The lowest BCUT2D eigenvalue weighted by Crippen LogP contribution is -2.46. The number of hydrogen-bond donors (Lipinski definition) is 1. The second kappa shape index (κ2) is 9.52. The van der Waals surface area contributed by atoms with E-state index in [4.69, 9.17) is 0 Å². The first-order chi connectivity index (χ1) is 17.0. The molecule has 35 heavy (non-hydrogen) atoms. The molecule has 2 aromatic carbocycles. The smallest absolute Gasteiger partial charge is 0.298 e. The molecule has 0 spiro atoms. The van der Waals surface area contributed by atoms with Gasteiger partial charge in [-0.25, -0.2) is 4.98 Å². The molecule has 2 aliphatic heterocycles. The van der Waals surface area contributed by atoms with Gasteiger partial charge in [0, 0.05) is 35.9 Å². The molecule has 1 saturated heterocycles. The first-order valence-corrected chi connectivity index (χ1v) is 12.0. The molecule has 9 heteroatoms. The number of hydrogen-bond acceptors (Lipinski definition) is 6.